The number of hydrogen-bond acceptors (Lipinski definition) is 4. The van der Waals surface area contributed by atoms with Gasteiger partial charge in [-0.05, 0) is 71.4 Å². The van der Waals surface area contributed by atoms with Gasteiger partial charge in [0.15, 0.2) is 11.0 Å². The van der Waals surface area contributed by atoms with Gasteiger partial charge in [0.2, 0.25) is 0 Å². The lowest BCUT2D eigenvalue weighted by molar-refractivity contribution is -0.487. The summed E-state index contributed by atoms with van der Waals surface area (Å²) in [4.78, 5) is 0. The lowest BCUT2D eigenvalue weighted by atomic mass is 10.1. The molecule has 0 aliphatic heterocycles. The standard InChI is InChI=1S/C24H18N2O2PS2/c1-27-17-7-3-15(4-8-17)25-21-19-11-13-30-23(19)24-20(12-14-31-24)22(21)26(29-25)16-5-9-18(28-2)10-6-16/h3-14H,1-2H3/q+1. The van der Waals surface area contributed by atoms with E-state index in [2.05, 4.69) is 55.8 Å². The molecule has 3 aromatic heterocycles. The fraction of sp³-hybridized carbons (Fsp3) is 0.0833. The molecule has 0 N–H and O–H groups in total. The summed E-state index contributed by atoms with van der Waals surface area (Å²) in [6, 6.07) is 21.1. The third kappa shape index (κ3) is 2.87. The van der Waals surface area contributed by atoms with E-state index < -0.39 is 0 Å². The van der Waals surface area contributed by atoms with E-state index >= 15 is 0 Å². The van der Waals surface area contributed by atoms with Crippen molar-refractivity contribution in [3.63, 3.8) is 0 Å². The fourth-order valence-corrected chi connectivity index (χ4v) is 7.24. The van der Waals surface area contributed by atoms with Crippen molar-refractivity contribution in [1.29, 1.82) is 0 Å². The van der Waals surface area contributed by atoms with Gasteiger partial charge < -0.3 is 9.47 Å². The fourth-order valence-electron chi connectivity index (χ4n) is 4.01. The van der Waals surface area contributed by atoms with Crippen LogP contribution in [0, 0.1) is 0 Å². The van der Waals surface area contributed by atoms with Gasteiger partial charge in [0.25, 0.3) is 0 Å². The van der Waals surface area contributed by atoms with Crippen LogP contribution in [0.1, 0.15) is 0 Å². The predicted molar refractivity (Wildman–Crippen MR) is 131 cm³/mol. The molecular weight excluding hydrogens is 443 g/mol. The summed E-state index contributed by atoms with van der Waals surface area (Å²) in [6.45, 7) is 0. The molecule has 6 rings (SSSR count). The van der Waals surface area contributed by atoms with Gasteiger partial charge in [-0.2, -0.15) is 8.66 Å². The first-order chi connectivity index (χ1) is 15.3. The minimum absolute atomic E-state index is 0.862. The van der Waals surface area contributed by atoms with E-state index in [1.54, 1.807) is 14.2 Å². The van der Waals surface area contributed by atoms with Crippen LogP contribution >= 0.6 is 31.2 Å². The van der Waals surface area contributed by atoms with Crippen molar-refractivity contribution in [1.82, 2.24) is 4.33 Å². The maximum absolute atomic E-state index is 5.38. The topological polar surface area (TPSA) is 27.3 Å². The summed E-state index contributed by atoms with van der Waals surface area (Å²) in [5.74, 6) is 1.72. The van der Waals surface area contributed by atoms with Crippen LogP contribution in [0.5, 0.6) is 11.5 Å². The van der Waals surface area contributed by atoms with Gasteiger partial charge in [-0.1, -0.05) is 0 Å². The Balaban J connectivity index is 1.74. The van der Waals surface area contributed by atoms with E-state index in [4.69, 9.17) is 9.47 Å². The van der Waals surface area contributed by atoms with Gasteiger partial charge >= 0.3 is 8.51 Å². The number of ether oxygens (including phenoxy) is 2. The molecule has 0 spiro atoms. The van der Waals surface area contributed by atoms with Crippen molar-refractivity contribution < 1.29 is 13.8 Å². The molecule has 0 saturated carbocycles. The molecule has 4 nitrogen and oxygen atoms in total. The largest absolute Gasteiger partial charge is 0.497 e. The van der Waals surface area contributed by atoms with Crippen LogP contribution in [-0.2, 0) is 0 Å². The van der Waals surface area contributed by atoms with Crippen molar-refractivity contribution >= 4 is 62.4 Å². The molecule has 0 bridgehead atoms. The number of thiophene rings is 2. The Labute approximate surface area is 188 Å². The second-order valence-corrected chi connectivity index (χ2v) is 9.94. The normalized spacial score (nSPS) is 11.8. The molecular formula is C24H18N2O2PS2+. The van der Waals surface area contributed by atoms with Crippen molar-refractivity contribution in [3.05, 3.63) is 71.4 Å². The van der Waals surface area contributed by atoms with Crippen molar-refractivity contribution in [3.8, 4) is 22.9 Å². The number of nitrogens with zero attached hydrogens (tertiary/aromatic N) is 2. The number of benzene rings is 3. The van der Waals surface area contributed by atoms with Crippen LogP contribution < -0.4 is 13.8 Å². The maximum atomic E-state index is 5.38. The van der Waals surface area contributed by atoms with E-state index in [-0.39, 0.29) is 0 Å². The molecule has 3 aromatic carbocycles. The Hall–Kier alpha value is -2.92. The van der Waals surface area contributed by atoms with E-state index in [0.29, 0.717) is 0 Å². The van der Waals surface area contributed by atoms with Crippen LogP contribution in [0.3, 0.4) is 0 Å². The molecule has 0 saturated heterocycles. The van der Waals surface area contributed by atoms with Gasteiger partial charge in [-0.15, -0.1) is 22.7 Å². The van der Waals surface area contributed by atoms with Gasteiger partial charge in [-0.25, -0.2) is 0 Å². The van der Waals surface area contributed by atoms with Crippen LogP contribution in [0.25, 0.3) is 42.6 Å². The highest BCUT2D eigenvalue weighted by Gasteiger charge is 2.27. The number of rotatable bonds is 4. The smallest absolute Gasteiger partial charge is 0.358 e. The van der Waals surface area contributed by atoms with Crippen LogP contribution in [-0.4, -0.2) is 18.5 Å². The lowest BCUT2D eigenvalue weighted by Crippen LogP contribution is -2.24. The summed E-state index contributed by atoms with van der Waals surface area (Å²) in [7, 11) is 4.46. The third-order valence-electron chi connectivity index (χ3n) is 5.51. The molecule has 0 aliphatic rings. The average molecular weight is 462 g/mol. The lowest BCUT2D eigenvalue weighted by Gasteiger charge is -2.02. The first-order valence-electron chi connectivity index (χ1n) is 9.79. The molecule has 31 heavy (non-hydrogen) atoms. The van der Waals surface area contributed by atoms with Crippen LogP contribution in [0.15, 0.2) is 71.4 Å². The molecule has 0 radical (unpaired) electrons. The highest BCUT2D eigenvalue weighted by atomic mass is 32.1. The number of aromatic nitrogens is 2. The molecule has 0 aliphatic carbocycles. The monoisotopic (exact) mass is 461 g/mol. The predicted octanol–water partition coefficient (Wildman–Crippen LogP) is 6.93. The highest BCUT2D eigenvalue weighted by molar-refractivity contribution is 7.26. The summed E-state index contributed by atoms with van der Waals surface area (Å²) >= 11 is 3.64. The quantitative estimate of drug-likeness (QED) is 0.285. The van der Waals surface area contributed by atoms with Gasteiger partial charge in [0.05, 0.1) is 23.6 Å². The molecule has 3 heterocycles. The summed E-state index contributed by atoms with van der Waals surface area (Å²) in [5, 5.41) is 7.00. The Morgan fingerprint density at radius 1 is 0.742 bits per heavy atom. The average Bonchev–Trinajstić information content (AvgIpc) is 3.56. The first-order valence-corrected chi connectivity index (χ1v) is 12.3. The maximum Gasteiger partial charge on any atom is 0.358 e. The zero-order valence-corrected chi connectivity index (χ0v) is 19.4. The zero-order valence-electron chi connectivity index (χ0n) is 16.9. The minimum Gasteiger partial charge on any atom is -0.497 e. The van der Waals surface area contributed by atoms with Crippen molar-refractivity contribution in [2.24, 2.45) is 0 Å². The second-order valence-electron chi connectivity index (χ2n) is 7.13. The first kappa shape index (κ1) is 18.8. The Kier molecular flexibility index (Phi) is 4.46. The van der Waals surface area contributed by atoms with Gasteiger partial charge in [-0.3, -0.25) is 0 Å². The molecule has 0 unspecified atom stereocenters. The Morgan fingerprint density at radius 3 is 1.97 bits per heavy atom. The molecule has 0 fully saturated rings. The molecule has 0 amide bonds. The zero-order chi connectivity index (χ0) is 20.9. The summed E-state index contributed by atoms with van der Waals surface area (Å²) in [6.07, 6.45) is 0. The molecule has 6 aromatic rings. The third-order valence-corrected chi connectivity index (χ3v) is 8.72. The van der Waals surface area contributed by atoms with E-state index in [9.17, 15) is 0 Å². The minimum atomic E-state index is 0.862. The van der Waals surface area contributed by atoms with E-state index in [1.807, 2.05) is 46.9 Å². The van der Waals surface area contributed by atoms with Crippen LogP contribution in [0.4, 0.5) is 0 Å². The SMILES string of the molecule is COc1ccc(-n2p[n+](-c3ccc(OC)cc3)c3c4ccsc4c4sccc4c32)cc1. The number of hydrogen-bond donors (Lipinski definition) is 0. The number of methoxy groups -OCH3 is 2. The Morgan fingerprint density at radius 2 is 1.32 bits per heavy atom. The Bertz CT molecular complexity index is 1430. The summed E-state index contributed by atoms with van der Waals surface area (Å²) in [5.41, 5.74) is 4.79. The highest BCUT2D eigenvalue weighted by Crippen LogP contribution is 2.42. The van der Waals surface area contributed by atoms with Crippen molar-refractivity contribution in [2.45, 2.75) is 0 Å². The van der Waals surface area contributed by atoms with Gasteiger partial charge in [0.1, 0.15) is 22.9 Å². The summed E-state index contributed by atoms with van der Waals surface area (Å²) < 4.78 is 18.2. The van der Waals surface area contributed by atoms with Gasteiger partial charge in [0, 0.05) is 10.8 Å². The van der Waals surface area contributed by atoms with Crippen LogP contribution in [0.2, 0.25) is 0 Å². The van der Waals surface area contributed by atoms with E-state index in [0.717, 1.165) is 31.4 Å². The second kappa shape index (κ2) is 7.34. The van der Waals surface area contributed by atoms with E-state index in [1.165, 1.54) is 31.2 Å². The van der Waals surface area contributed by atoms with Crippen molar-refractivity contribution in [2.75, 3.05) is 14.2 Å². The molecule has 152 valence electrons. The number of fused-ring (bicyclic) bond motifs is 6. The molecule has 0 atom stereocenters. The molecule has 7 heteroatoms.